The number of thioether (sulfide) groups is 1. The third-order valence-electron chi connectivity index (χ3n) is 5.41. The topological polar surface area (TPSA) is 41.6 Å². The number of rotatable bonds is 7. The van der Waals surface area contributed by atoms with E-state index in [4.69, 9.17) is 4.74 Å². The molecule has 2 amide bonds. The normalized spacial score (nSPS) is 16.5. The van der Waals surface area contributed by atoms with E-state index in [-0.39, 0.29) is 23.7 Å². The van der Waals surface area contributed by atoms with Gasteiger partial charge in [0.05, 0.1) is 24.8 Å². The van der Waals surface area contributed by atoms with Crippen LogP contribution in [-0.2, 0) is 10.9 Å². The summed E-state index contributed by atoms with van der Waals surface area (Å²) in [6, 6.07) is 12.7. The van der Waals surface area contributed by atoms with Gasteiger partial charge in [-0.25, -0.2) is 4.79 Å². The van der Waals surface area contributed by atoms with Crippen molar-refractivity contribution >= 4 is 17.8 Å². The highest BCUT2D eigenvalue weighted by atomic mass is 32.2. The maximum absolute atomic E-state index is 13.7. The molecule has 1 N–H and O–H groups in total. The number of alkyl halides is 3. The lowest BCUT2D eigenvalue weighted by Gasteiger charge is -2.41. The number of urea groups is 1. The Bertz CT molecular complexity index is 883. The summed E-state index contributed by atoms with van der Waals surface area (Å²) in [5.41, 5.74) is 0.0195. The Morgan fingerprint density at radius 1 is 1.19 bits per heavy atom. The van der Waals surface area contributed by atoms with Crippen molar-refractivity contribution in [2.24, 2.45) is 0 Å². The van der Waals surface area contributed by atoms with Crippen LogP contribution >= 0.6 is 11.8 Å². The molecule has 0 spiro atoms. The number of hydrogen-bond donors (Lipinski definition) is 1. The third kappa shape index (κ3) is 5.74. The van der Waals surface area contributed by atoms with Gasteiger partial charge in [-0.1, -0.05) is 37.3 Å². The zero-order valence-corrected chi connectivity index (χ0v) is 18.6. The Hall–Kier alpha value is -2.19. The van der Waals surface area contributed by atoms with Crippen molar-refractivity contribution < 1.29 is 22.7 Å². The molecule has 2 atom stereocenters. The first-order valence-electron chi connectivity index (χ1n) is 10.2. The number of hydrogen-bond acceptors (Lipinski definition) is 3. The molecule has 0 radical (unpaired) electrons. The Morgan fingerprint density at radius 3 is 2.42 bits per heavy atom. The number of ether oxygens (including phenoxy) is 1. The Morgan fingerprint density at radius 2 is 1.84 bits per heavy atom. The highest BCUT2D eigenvalue weighted by Gasteiger charge is 2.39. The van der Waals surface area contributed by atoms with Gasteiger partial charge in [-0.2, -0.15) is 13.2 Å². The number of halogens is 3. The van der Waals surface area contributed by atoms with Crippen molar-refractivity contribution in [2.75, 3.05) is 19.3 Å². The second-order valence-corrected chi connectivity index (χ2v) is 8.54. The minimum atomic E-state index is -4.49. The van der Waals surface area contributed by atoms with Crippen LogP contribution in [0.1, 0.15) is 43.1 Å². The molecule has 2 aromatic carbocycles. The maximum atomic E-state index is 13.7. The summed E-state index contributed by atoms with van der Waals surface area (Å²) < 4.78 is 47.2. The summed E-state index contributed by atoms with van der Waals surface area (Å²) in [4.78, 5) is 14.9. The van der Waals surface area contributed by atoms with Crippen LogP contribution in [0.15, 0.2) is 53.4 Å². The molecule has 31 heavy (non-hydrogen) atoms. The first-order valence-corrected chi connectivity index (χ1v) is 11.5. The second-order valence-electron chi connectivity index (χ2n) is 7.66. The van der Waals surface area contributed by atoms with E-state index in [1.807, 2.05) is 32.2 Å². The van der Waals surface area contributed by atoms with Gasteiger partial charge in [-0.15, -0.1) is 11.8 Å². The zero-order chi connectivity index (χ0) is 22.6. The molecule has 3 rings (SSSR count). The number of carbonyl (C=O) groups is 1. The van der Waals surface area contributed by atoms with E-state index in [0.29, 0.717) is 18.7 Å². The van der Waals surface area contributed by atoms with Gasteiger partial charge in [0.2, 0.25) is 0 Å². The van der Waals surface area contributed by atoms with Crippen LogP contribution in [0.3, 0.4) is 0 Å². The summed E-state index contributed by atoms with van der Waals surface area (Å²) in [5, 5.41) is 2.89. The minimum absolute atomic E-state index is 0.0637. The van der Waals surface area contributed by atoms with Gasteiger partial charge in [0.15, 0.2) is 0 Å². The van der Waals surface area contributed by atoms with E-state index >= 15 is 0 Å². The summed E-state index contributed by atoms with van der Waals surface area (Å²) in [6.07, 6.45) is -2.94. The molecule has 4 nitrogen and oxygen atoms in total. The predicted molar refractivity (Wildman–Crippen MR) is 116 cm³/mol. The van der Waals surface area contributed by atoms with Gasteiger partial charge in [0.1, 0.15) is 6.10 Å². The van der Waals surface area contributed by atoms with Crippen molar-refractivity contribution in [3.63, 3.8) is 0 Å². The van der Waals surface area contributed by atoms with Gasteiger partial charge >= 0.3 is 12.2 Å². The van der Waals surface area contributed by atoms with E-state index in [0.717, 1.165) is 17.4 Å². The molecule has 0 aliphatic carbocycles. The number of nitrogens with zero attached hydrogens (tertiary/aromatic N) is 1. The summed E-state index contributed by atoms with van der Waals surface area (Å²) >= 11 is 1.56. The lowest BCUT2D eigenvalue weighted by atomic mass is 9.95. The standard InChI is InChI=1S/C23H27F3N2O2S/c1-4-15(2)27-22(29)28-13-17(14-28)30-21(16-9-11-18(31-3)12-10-16)19-7-5-6-8-20(19)23(24,25)26/h5-12,15,17,21H,4,13-14H2,1-3H3,(H,27,29). The molecule has 1 aliphatic heterocycles. The highest BCUT2D eigenvalue weighted by molar-refractivity contribution is 7.98. The monoisotopic (exact) mass is 452 g/mol. The average molecular weight is 453 g/mol. The van der Waals surface area contributed by atoms with Crippen molar-refractivity contribution in [2.45, 2.75) is 49.6 Å². The number of carbonyl (C=O) groups excluding carboxylic acids is 1. The molecule has 168 valence electrons. The molecule has 2 aromatic rings. The van der Waals surface area contributed by atoms with E-state index < -0.39 is 17.8 Å². The number of amides is 2. The Kier molecular flexibility index (Phi) is 7.54. The fourth-order valence-electron chi connectivity index (χ4n) is 3.38. The molecule has 2 unspecified atom stereocenters. The predicted octanol–water partition coefficient (Wildman–Crippen LogP) is 5.73. The van der Waals surface area contributed by atoms with E-state index in [1.165, 1.54) is 12.1 Å². The average Bonchev–Trinajstić information content (AvgIpc) is 2.72. The van der Waals surface area contributed by atoms with Crippen LogP contribution in [0.4, 0.5) is 18.0 Å². The second kappa shape index (κ2) is 9.96. The minimum Gasteiger partial charge on any atom is -0.362 e. The Balaban J connectivity index is 1.81. The quantitative estimate of drug-likeness (QED) is 0.546. The molecule has 1 fully saturated rings. The maximum Gasteiger partial charge on any atom is 0.416 e. The molecule has 0 saturated carbocycles. The first-order chi connectivity index (χ1) is 14.7. The number of benzene rings is 2. The largest absolute Gasteiger partial charge is 0.416 e. The summed E-state index contributed by atoms with van der Waals surface area (Å²) in [6.45, 7) is 4.59. The molecule has 1 saturated heterocycles. The lowest BCUT2D eigenvalue weighted by molar-refractivity contribution is -0.140. The van der Waals surface area contributed by atoms with E-state index in [2.05, 4.69) is 5.32 Å². The number of nitrogens with one attached hydrogen (secondary N) is 1. The molecule has 8 heteroatoms. The van der Waals surface area contributed by atoms with Gasteiger partial charge in [-0.05, 0) is 48.9 Å². The first kappa shape index (κ1) is 23.5. The van der Waals surface area contributed by atoms with Crippen molar-refractivity contribution in [1.82, 2.24) is 10.2 Å². The van der Waals surface area contributed by atoms with E-state index in [9.17, 15) is 18.0 Å². The van der Waals surface area contributed by atoms with Gasteiger partial charge in [0, 0.05) is 10.9 Å². The van der Waals surface area contributed by atoms with Crippen LogP contribution in [0.5, 0.6) is 0 Å². The van der Waals surface area contributed by atoms with E-state index in [1.54, 1.807) is 34.9 Å². The van der Waals surface area contributed by atoms with Crippen LogP contribution in [0.25, 0.3) is 0 Å². The molecule has 0 aromatic heterocycles. The smallest absolute Gasteiger partial charge is 0.362 e. The lowest BCUT2D eigenvalue weighted by Crippen LogP contribution is -2.59. The SMILES string of the molecule is CCC(C)NC(=O)N1CC(OC(c2ccc(SC)cc2)c2ccccc2C(F)(F)F)C1. The van der Waals surface area contributed by atoms with Crippen LogP contribution in [-0.4, -0.2) is 42.4 Å². The fourth-order valence-corrected chi connectivity index (χ4v) is 3.79. The zero-order valence-electron chi connectivity index (χ0n) is 17.8. The van der Waals surface area contributed by atoms with Gasteiger partial charge in [-0.3, -0.25) is 0 Å². The number of likely N-dealkylation sites (tertiary alicyclic amines) is 1. The fraction of sp³-hybridized carbons (Fsp3) is 0.435. The van der Waals surface area contributed by atoms with Gasteiger partial charge in [0.25, 0.3) is 0 Å². The highest BCUT2D eigenvalue weighted by Crippen LogP contribution is 2.39. The van der Waals surface area contributed by atoms with Crippen LogP contribution in [0, 0.1) is 0 Å². The Labute approximate surface area is 185 Å². The summed E-state index contributed by atoms with van der Waals surface area (Å²) in [5.74, 6) is 0. The molecule has 0 bridgehead atoms. The molecule has 1 aliphatic rings. The molecular formula is C23H27F3N2O2S. The summed E-state index contributed by atoms with van der Waals surface area (Å²) in [7, 11) is 0. The van der Waals surface area contributed by atoms with Crippen LogP contribution in [0.2, 0.25) is 0 Å². The van der Waals surface area contributed by atoms with Crippen molar-refractivity contribution in [3.8, 4) is 0 Å². The molecule has 1 heterocycles. The van der Waals surface area contributed by atoms with Crippen molar-refractivity contribution in [1.29, 1.82) is 0 Å². The van der Waals surface area contributed by atoms with Crippen molar-refractivity contribution in [3.05, 3.63) is 65.2 Å². The van der Waals surface area contributed by atoms with Crippen LogP contribution < -0.4 is 5.32 Å². The molecular weight excluding hydrogens is 425 g/mol. The third-order valence-corrected chi connectivity index (χ3v) is 6.16. The van der Waals surface area contributed by atoms with Gasteiger partial charge < -0.3 is 15.0 Å².